The summed E-state index contributed by atoms with van der Waals surface area (Å²) in [6.07, 6.45) is 0. The van der Waals surface area contributed by atoms with Crippen LogP contribution in [-0.2, 0) is 4.79 Å². The van der Waals surface area contributed by atoms with Gasteiger partial charge in [0.15, 0.2) is 5.60 Å². The number of carbonyl (C=O) groups is 1. The molecule has 0 radical (unpaired) electrons. The Morgan fingerprint density at radius 3 is 2.50 bits per heavy atom. The van der Waals surface area contributed by atoms with E-state index < -0.39 is 11.6 Å². The summed E-state index contributed by atoms with van der Waals surface area (Å²) >= 11 is 0. The van der Waals surface area contributed by atoms with Gasteiger partial charge in [0.05, 0.1) is 5.69 Å². The molecule has 1 aromatic rings. The molecule has 0 saturated carbocycles. The van der Waals surface area contributed by atoms with Crippen LogP contribution in [0.4, 0.5) is 5.69 Å². The predicted octanol–water partition coefficient (Wildman–Crippen LogP) is 1.51. The quantitative estimate of drug-likeness (QED) is 0.717. The molecule has 0 atom stereocenters. The van der Waals surface area contributed by atoms with Gasteiger partial charge in [0.1, 0.15) is 5.75 Å². The maximum absolute atomic E-state index is 10.8. The second-order valence-corrected chi connectivity index (χ2v) is 3.46. The number of nitrogens with two attached hydrogens (primary N) is 1. The number of ether oxygens (including phenoxy) is 1. The monoisotopic (exact) mass is 195 g/mol. The molecule has 4 nitrogen and oxygen atoms in total. The van der Waals surface area contributed by atoms with Crippen LogP contribution in [0.1, 0.15) is 13.8 Å². The van der Waals surface area contributed by atoms with Gasteiger partial charge in [-0.2, -0.15) is 0 Å². The zero-order chi connectivity index (χ0) is 10.8. The van der Waals surface area contributed by atoms with Crippen molar-refractivity contribution >= 4 is 11.7 Å². The number of para-hydroxylation sites is 2. The lowest BCUT2D eigenvalue weighted by molar-refractivity contribution is -0.152. The maximum atomic E-state index is 10.8. The first-order chi connectivity index (χ1) is 6.43. The molecule has 0 heterocycles. The van der Waals surface area contributed by atoms with E-state index in [9.17, 15) is 4.79 Å². The molecule has 0 aliphatic rings. The standard InChI is InChI=1S/C10H13NO3/c1-10(2,9(12)13)14-8-6-4-3-5-7(8)11/h3-6H,11H2,1-2H3,(H,12,13). The highest BCUT2D eigenvalue weighted by molar-refractivity contribution is 5.77. The lowest BCUT2D eigenvalue weighted by atomic mass is 10.1. The van der Waals surface area contributed by atoms with Crippen LogP contribution in [0.25, 0.3) is 0 Å². The van der Waals surface area contributed by atoms with E-state index in [0.717, 1.165) is 0 Å². The van der Waals surface area contributed by atoms with Gasteiger partial charge in [-0.25, -0.2) is 4.79 Å². The number of rotatable bonds is 3. The number of hydrogen-bond donors (Lipinski definition) is 2. The van der Waals surface area contributed by atoms with Crippen LogP contribution in [0.2, 0.25) is 0 Å². The highest BCUT2D eigenvalue weighted by Crippen LogP contribution is 2.24. The number of aliphatic carboxylic acids is 1. The molecule has 0 amide bonds. The fraction of sp³-hybridized carbons (Fsp3) is 0.300. The number of anilines is 1. The molecule has 1 aromatic carbocycles. The summed E-state index contributed by atoms with van der Waals surface area (Å²) in [5.74, 6) is -0.638. The van der Waals surface area contributed by atoms with Gasteiger partial charge in [-0.1, -0.05) is 12.1 Å². The third-order valence-corrected chi connectivity index (χ3v) is 1.80. The Bertz CT molecular complexity index is 347. The van der Waals surface area contributed by atoms with Gasteiger partial charge < -0.3 is 15.6 Å². The van der Waals surface area contributed by atoms with Crippen molar-refractivity contribution in [2.45, 2.75) is 19.4 Å². The van der Waals surface area contributed by atoms with Crippen LogP contribution in [-0.4, -0.2) is 16.7 Å². The van der Waals surface area contributed by atoms with E-state index in [1.54, 1.807) is 24.3 Å². The van der Waals surface area contributed by atoms with E-state index in [4.69, 9.17) is 15.6 Å². The number of hydrogen-bond acceptors (Lipinski definition) is 3. The first-order valence-electron chi connectivity index (χ1n) is 4.20. The summed E-state index contributed by atoms with van der Waals surface area (Å²) in [4.78, 5) is 10.8. The smallest absolute Gasteiger partial charge is 0.347 e. The second-order valence-electron chi connectivity index (χ2n) is 3.46. The van der Waals surface area contributed by atoms with Crippen LogP contribution in [0.15, 0.2) is 24.3 Å². The van der Waals surface area contributed by atoms with Crippen molar-refractivity contribution in [3.05, 3.63) is 24.3 Å². The summed E-state index contributed by atoms with van der Waals surface area (Å²) in [5.41, 5.74) is 4.77. The van der Waals surface area contributed by atoms with Crippen molar-refractivity contribution < 1.29 is 14.6 Å². The topological polar surface area (TPSA) is 72.5 Å². The molecule has 1 rings (SSSR count). The number of benzene rings is 1. The molecule has 0 spiro atoms. The van der Waals surface area contributed by atoms with Crippen molar-refractivity contribution in [2.24, 2.45) is 0 Å². The van der Waals surface area contributed by atoms with Crippen molar-refractivity contribution in [1.29, 1.82) is 0 Å². The first kappa shape index (κ1) is 10.4. The number of carboxylic acids is 1. The van der Waals surface area contributed by atoms with Gasteiger partial charge >= 0.3 is 5.97 Å². The summed E-state index contributed by atoms with van der Waals surface area (Å²) < 4.78 is 5.27. The Balaban J connectivity index is 2.89. The minimum Gasteiger partial charge on any atom is -0.478 e. The van der Waals surface area contributed by atoms with Crippen molar-refractivity contribution in [1.82, 2.24) is 0 Å². The number of carboxylic acid groups (broad SMARTS) is 1. The van der Waals surface area contributed by atoms with E-state index in [0.29, 0.717) is 11.4 Å². The van der Waals surface area contributed by atoms with Gasteiger partial charge in [0.25, 0.3) is 0 Å². The van der Waals surface area contributed by atoms with E-state index >= 15 is 0 Å². The third-order valence-electron chi connectivity index (χ3n) is 1.80. The minimum absolute atomic E-state index is 0.389. The van der Waals surface area contributed by atoms with Crippen molar-refractivity contribution in [3.63, 3.8) is 0 Å². The van der Waals surface area contributed by atoms with Gasteiger partial charge in [-0.05, 0) is 26.0 Å². The molecular weight excluding hydrogens is 182 g/mol. The Hall–Kier alpha value is -1.71. The molecule has 0 fully saturated rings. The lowest BCUT2D eigenvalue weighted by Crippen LogP contribution is -2.38. The largest absolute Gasteiger partial charge is 0.478 e. The second kappa shape index (κ2) is 3.57. The Morgan fingerprint density at radius 1 is 1.43 bits per heavy atom. The van der Waals surface area contributed by atoms with Crippen LogP contribution in [0.5, 0.6) is 5.75 Å². The van der Waals surface area contributed by atoms with Gasteiger partial charge in [0.2, 0.25) is 0 Å². The van der Waals surface area contributed by atoms with Crippen LogP contribution >= 0.6 is 0 Å². The average molecular weight is 195 g/mol. The SMILES string of the molecule is CC(C)(Oc1ccccc1N)C(=O)O. The molecule has 4 heteroatoms. The molecule has 0 aliphatic heterocycles. The molecule has 3 N–H and O–H groups in total. The zero-order valence-corrected chi connectivity index (χ0v) is 8.15. The fourth-order valence-corrected chi connectivity index (χ4v) is 0.892. The lowest BCUT2D eigenvalue weighted by Gasteiger charge is -2.22. The normalized spacial score (nSPS) is 11.0. The van der Waals surface area contributed by atoms with E-state index in [2.05, 4.69) is 0 Å². The summed E-state index contributed by atoms with van der Waals surface area (Å²) in [5, 5.41) is 8.83. The Morgan fingerprint density at radius 2 is 2.00 bits per heavy atom. The van der Waals surface area contributed by atoms with Crippen molar-refractivity contribution in [2.75, 3.05) is 5.73 Å². The molecule has 0 aliphatic carbocycles. The van der Waals surface area contributed by atoms with E-state index in [1.165, 1.54) is 13.8 Å². The third kappa shape index (κ3) is 2.16. The first-order valence-corrected chi connectivity index (χ1v) is 4.20. The molecule has 0 unspecified atom stereocenters. The highest BCUT2D eigenvalue weighted by atomic mass is 16.5. The molecule has 76 valence electrons. The highest BCUT2D eigenvalue weighted by Gasteiger charge is 2.29. The van der Waals surface area contributed by atoms with Gasteiger partial charge in [-0.15, -0.1) is 0 Å². The summed E-state index contributed by atoms with van der Waals surface area (Å²) in [7, 11) is 0. The van der Waals surface area contributed by atoms with Crippen LogP contribution in [0.3, 0.4) is 0 Å². The molecule has 0 bridgehead atoms. The number of nitrogen functional groups attached to an aromatic ring is 1. The van der Waals surface area contributed by atoms with Gasteiger partial charge in [0, 0.05) is 0 Å². The summed E-state index contributed by atoms with van der Waals surface area (Å²) in [6, 6.07) is 6.80. The van der Waals surface area contributed by atoms with E-state index in [-0.39, 0.29) is 0 Å². The van der Waals surface area contributed by atoms with Crippen LogP contribution < -0.4 is 10.5 Å². The predicted molar refractivity (Wildman–Crippen MR) is 53.2 cm³/mol. The molecular formula is C10H13NO3. The minimum atomic E-state index is -1.27. The van der Waals surface area contributed by atoms with Crippen molar-refractivity contribution in [3.8, 4) is 5.75 Å². The van der Waals surface area contributed by atoms with E-state index in [1.807, 2.05) is 0 Å². The Kier molecular flexibility index (Phi) is 2.65. The summed E-state index contributed by atoms with van der Waals surface area (Å²) in [6.45, 7) is 2.95. The molecule has 0 saturated heterocycles. The van der Waals surface area contributed by atoms with Gasteiger partial charge in [-0.3, -0.25) is 0 Å². The maximum Gasteiger partial charge on any atom is 0.347 e. The zero-order valence-electron chi connectivity index (χ0n) is 8.15. The fourth-order valence-electron chi connectivity index (χ4n) is 0.892. The average Bonchev–Trinajstić information content (AvgIpc) is 2.08. The van der Waals surface area contributed by atoms with Crippen LogP contribution in [0, 0.1) is 0 Å². The molecule has 0 aromatic heterocycles. The molecule has 14 heavy (non-hydrogen) atoms. The Labute approximate surface area is 82.3 Å².